The van der Waals surface area contributed by atoms with Crippen molar-refractivity contribution in [2.45, 2.75) is 13.8 Å². The zero-order chi connectivity index (χ0) is 12.0. The minimum absolute atomic E-state index is 0.526. The van der Waals surface area contributed by atoms with Gasteiger partial charge in [-0.25, -0.2) is 0 Å². The molecular formula is C12H18N2O2. The Hall–Kier alpha value is -1.71. The number of anilines is 1. The molecule has 0 N–H and O–H groups in total. The van der Waals surface area contributed by atoms with Gasteiger partial charge in [-0.05, 0) is 24.2 Å². The molecule has 0 saturated heterocycles. The van der Waals surface area contributed by atoms with Gasteiger partial charge in [-0.1, -0.05) is 6.07 Å². The van der Waals surface area contributed by atoms with Gasteiger partial charge in [0.2, 0.25) is 5.90 Å². The molecule has 0 aliphatic heterocycles. The van der Waals surface area contributed by atoms with Crippen LogP contribution in [0.1, 0.15) is 13.8 Å². The molecule has 0 fully saturated rings. The normalized spacial score (nSPS) is 11.1. The van der Waals surface area contributed by atoms with Gasteiger partial charge in [-0.2, -0.15) is 0 Å². The van der Waals surface area contributed by atoms with Gasteiger partial charge in [-0.3, -0.25) is 0 Å². The molecule has 1 aromatic carbocycles. The van der Waals surface area contributed by atoms with E-state index < -0.39 is 0 Å². The number of nitrogens with zero attached hydrogens (tertiary/aromatic N) is 2. The topological polar surface area (TPSA) is 34.1 Å². The quantitative estimate of drug-likeness (QED) is 0.446. The minimum Gasteiger partial charge on any atom is -0.479 e. The van der Waals surface area contributed by atoms with Crippen LogP contribution in [-0.4, -0.2) is 26.6 Å². The van der Waals surface area contributed by atoms with E-state index in [1.54, 1.807) is 6.92 Å². The van der Waals surface area contributed by atoms with Crippen LogP contribution in [0.15, 0.2) is 29.4 Å². The van der Waals surface area contributed by atoms with Crippen LogP contribution in [0.2, 0.25) is 0 Å². The van der Waals surface area contributed by atoms with Crippen molar-refractivity contribution < 1.29 is 9.57 Å². The number of rotatable bonds is 4. The van der Waals surface area contributed by atoms with Gasteiger partial charge in [0.1, 0.15) is 0 Å². The predicted molar refractivity (Wildman–Crippen MR) is 66.1 cm³/mol. The maximum Gasteiger partial charge on any atom is 0.223 e. The van der Waals surface area contributed by atoms with E-state index in [0.717, 1.165) is 5.69 Å². The molecule has 0 amide bonds. The summed E-state index contributed by atoms with van der Waals surface area (Å²) in [6.07, 6.45) is 0. The Morgan fingerprint density at radius 2 is 2.12 bits per heavy atom. The highest BCUT2D eigenvalue weighted by Gasteiger charge is 1.98. The number of hydrogen-bond donors (Lipinski definition) is 0. The Kier molecular flexibility index (Phi) is 4.64. The van der Waals surface area contributed by atoms with Crippen LogP contribution in [0, 0.1) is 0 Å². The van der Waals surface area contributed by atoms with Gasteiger partial charge in [0.25, 0.3) is 0 Å². The Morgan fingerprint density at radius 3 is 2.75 bits per heavy atom. The Labute approximate surface area is 96.5 Å². The molecule has 0 aliphatic rings. The summed E-state index contributed by atoms with van der Waals surface area (Å²) in [7, 11) is 3.96. The maximum absolute atomic E-state index is 5.25. The molecule has 0 aliphatic carbocycles. The molecule has 0 radical (unpaired) electrons. The van der Waals surface area contributed by atoms with Crippen molar-refractivity contribution in [2.75, 3.05) is 25.6 Å². The molecule has 16 heavy (non-hydrogen) atoms. The molecule has 1 rings (SSSR count). The van der Waals surface area contributed by atoms with Crippen LogP contribution in [0.5, 0.6) is 5.75 Å². The molecular weight excluding hydrogens is 204 g/mol. The highest BCUT2D eigenvalue weighted by atomic mass is 16.6. The maximum atomic E-state index is 5.25. The summed E-state index contributed by atoms with van der Waals surface area (Å²) in [5.41, 5.74) is 1.07. The molecule has 0 atom stereocenters. The summed E-state index contributed by atoms with van der Waals surface area (Å²) in [5.74, 6) is 1.23. The Balaban J connectivity index is 2.67. The van der Waals surface area contributed by atoms with Crippen molar-refractivity contribution in [1.82, 2.24) is 0 Å². The lowest BCUT2D eigenvalue weighted by Crippen LogP contribution is -2.08. The average molecular weight is 222 g/mol. The van der Waals surface area contributed by atoms with Crippen LogP contribution in [0.3, 0.4) is 0 Å². The van der Waals surface area contributed by atoms with E-state index in [1.807, 2.05) is 50.2 Å². The third-order valence-electron chi connectivity index (χ3n) is 1.97. The third-order valence-corrected chi connectivity index (χ3v) is 1.97. The van der Waals surface area contributed by atoms with Gasteiger partial charge >= 0.3 is 0 Å². The lowest BCUT2D eigenvalue weighted by molar-refractivity contribution is 0.276. The molecule has 0 heterocycles. The molecule has 88 valence electrons. The molecule has 0 saturated carbocycles. The summed E-state index contributed by atoms with van der Waals surface area (Å²) in [6.45, 7) is 4.27. The van der Waals surface area contributed by atoms with E-state index in [2.05, 4.69) is 5.16 Å². The van der Waals surface area contributed by atoms with E-state index in [-0.39, 0.29) is 0 Å². The van der Waals surface area contributed by atoms with Gasteiger partial charge < -0.3 is 14.5 Å². The zero-order valence-electron chi connectivity index (χ0n) is 10.2. The minimum atomic E-state index is 0.526. The lowest BCUT2D eigenvalue weighted by atomic mass is 10.3. The fourth-order valence-electron chi connectivity index (χ4n) is 1.17. The van der Waals surface area contributed by atoms with Crippen LogP contribution in [-0.2, 0) is 4.74 Å². The molecule has 4 heteroatoms. The van der Waals surface area contributed by atoms with Crippen LogP contribution in [0.25, 0.3) is 0 Å². The standard InChI is InChI=1S/C12H18N2O2/c1-5-15-10(2)13-16-12-8-6-7-11(9-12)14(3)4/h6-9H,5H2,1-4H3/b13-10+. The highest BCUT2D eigenvalue weighted by Crippen LogP contribution is 2.19. The van der Waals surface area contributed by atoms with E-state index in [4.69, 9.17) is 9.57 Å². The monoisotopic (exact) mass is 222 g/mol. The van der Waals surface area contributed by atoms with Gasteiger partial charge in [0, 0.05) is 32.8 Å². The number of oxime groups is 1. The second-order valence-electron chi connectivity index (χ2n) is 3.53. The first-order valence-corrected chi connectivity index (χ1v) is 5.25. The smallest absolute Gasteiger partial charge is 0.223 e. The molecule has 0 unspecified atom stereocenters. The van der Waals surface area contributed by atoms with E-state index >= 15 is 0 Å². The van der Waals surface area contributed by atoms with Crippen LogP contribution < -0.4 is 9.74 Å². The van der Waals surface area contributed by atoms with Crippen molar-refractivity contribution in [1.29, 1.82) is 0 Å². The predicted octanol–water partition coefficient (Wildman–Crippen LogP) is 2.50. The molecule has 1 aromatic rings. The van der Waals surface area contributed by atoms with E-state index in [0.29, 0.717) is 18.3 Å². The highest BCUT2D eigenvalue weighted by molar-refractivity contribution is 5.72. The Morgan fingerprint density at radius 1 is 1.38 bits per heavy atom. The van der Waals surface area contributed by atoms with Crippen molar-refractivity contribution in [3.05, 3.63) is 24.3 Å². The number of benzene rings is 1. The summed E-state index contributed by atoms with van der Waals surface area (Å²) in [6, 6.07) is 7.71. The zero-order valence-corrected chi connectivity index (χ0v) is 10.2. The van der Waals surface area contributed by atoms with Gasteiger partial charge in [0.05, 0.1) is 6.61 Å². The van der Waals surface area contributed by atoms with Gasteiger partial charge in [0.15, 0.2) is 5.75 Å². The number of ether oxygens (including phenoxy) is 1. The second kappa shape index (κ2) is 6.00. The summed E-state index contributed by atoms with van der Waals surface area (Å²) >= 11 is 0. The first-order chi connectivity index (χ1) is 7.63. The second-order valence-corrected chi connectivity index (χ2v) is 3.53. The molecule has 0 spiro atoms. The Bertz CT molecular complexity index is 362. The molecule has 4 nitrogen and oxygen atoms in total. The van der Waals surface area contributed by atoms with Crippen molar-refractivity contribution in [2.24, 2.45) is 5.16 Å². The van der Waals surface area contributed by atoms with E-state index in [9.17, 15) is 0 Å². The lowest BCUT2D eigenvalue weighted by Gasteiger charge is -2.12. The van der Waals surface area contributed by atoms with Gasteiger partial charge in [-0.15, -0.1) is 0 Å². The first kappa shape index (κ1) is 12.4. The van der Waals surface area contributed by atoms with Crippen LogP contribution in [0.4, 0.5) is 5.69 Å². The largest absolute Gasteiger partial charge is 0.479 e. The third kappa shape index (κ3) is 3.81. The summed E-state index contributed by atoms with van der Waals surface area (Å²) in [5, 5.41) is 3.86. The average Bonchev–Trinajstić information content (AvgIpc) is 2.27. The summed E-state index contributed by atoms with van der Waals surface area (Å²) in [4.78, 5) is 7.25. The van der Waals surface area contributed by atoms with Crippen LogP contribution >= 0.6 is 0 Å². The number of hydrogen-bond acceptors (Lipinski definition) is 4. The summed E-state index contributed by atoms with van der Waals surface area (Å²) < 4.78 is 5.16. The molecule has 0 bridgehead atoms. The fourth-order valence-corrected chi connectivity index (χ4v) is 1.17. The van der Waals surface area contributed by atoms with Crippen molar-refractivity contribution in [3.8, 4) is 5.75 Å². The van der Waals surface area contributed by atoms with Crippen molar-refractivity contribution in [3.63, 3.8) is 0 Å². The van der Waals surface area contributed by atoms with E-state index in [1.165, 1.54) is 0 Å². The van der Waals surface area contributed by atoms with Crippen molar-refractivity contribution >= 4 is 11.6 Å². The SMILES string of the molecule is CCO/C(C)=N/Oc1cccc(N(C)C)c1. The molecule has 0 aromatic heterocycles. The first-order valence-electron chi connectivity index (χ1n) is 5.25. The fraction of sp³-hybridized carbons (Fsp3) is 0.417.